The van der Waals surface area contributed by atoms with E-state index in [9.17, 15) is 8.78 Å². The van der Waals surface area contributed by atoms with Crippen LogP contribution < -0.4 is 20.3 Å². The Morgan fingerprint density at radius 3 is 2.57 bits per heavy atom. The minimum absolute atomic E-state index is 0. The topological polar surface area (TPSA) is 61.8 Å². The molecule has 2 rings (SSSR count). The Morgan fingerprint density at radius 2 is 1.93 bits per heavy atom. The maximum Gasteiger partial charge on any atom is 0.387 e. The van der Waals surface area contributed by atoms with Gasteiger partial charge in [0.15, 0.2) is 5.96 Å². The summed E-state index contributed by atoms with van der Waals surface area (Å²) in [7, 11) is 5.46. The van der Waals surface area contributed by atoms with Crippen LogP contribution in [0, 0.1) is 0 Å². The summed E-state index contributed by atoms with van der Waals surface area (Å²) < 4.78 is 29.6. The van der Waals surface area contributed by atoms with Gasteiger partial charge in [-0.15, -0.1) is 24.0 Å². The molecule has 0 bridgehead atoms. The molecule has 154 valence electrons. The second-order valence-corrected chi connectivity index (χ2v) is 6.23. The second kappa shape index (κ2) is 11.8. The van der Waals surface area contributed by atoms with Gasteiger partial charge < -0.3 is 20.3 Å². The van der Waals surface area contributed by atoms with Crippen molar-refractivity contribution in [2.75, 3.05) is 26.0 Å². The molecule has 0 saturated heterocycles. The lowest BCUT2D eigenvalue weighted by Gasteiger charge is -2.16. The number of hydrogen-bond acceptors (Lipinski definition) is 4. The Kier molecular flexibility index (Phi) is 10.2. The van der Waals surface area contributed by atoms with Crippen molar-refractivity contribution in [3.8, 4) is 5.75 Å². The van der Waals surface area contributed by atoms with E-state index >= 15 is 0 Å². The average Bonchev–Trinajstić information content (AvgIpc) is 2.63. The van der Waals surface area contributed by atoms with Crippen molar-refractivity contribution in [1.82, 2.24) is 15.6 Å². The monoisotopic (exact) mass is 525 g/mol. The molecule has 0 atom stereocenters. The summed E-state index contributed by atoms with van der Waals surface area (Å²) in [6, 6.07) is 10.2. The summed E-state index contributed by atoms with van der Waals surface area (Å²) in [5.41, 5.74) is 1.34. The van der Waals surface area contributed by atoms with Crippen LogP contribution in [-0.4, -0.2) is 38.7 Å². The highest BCUT2D eigenvalue weighted by molar-refractivity contribution is 14.0. The number of pyridine rings is 1. The Morgan fingerprint density at radius 1 is 1.21 bits per heavy atom. The minimum atomic E-state index is -2.91. The molecule has 0 fully saturated rings. The van der Waals surface area contributed by atoms with Crippen LogP contribution >= 0.6 is 35.6 Å². The Labute approximate surface area is 185 Å². The Balaban J connectivity index is 0.00000392. The zero-order chi connectivity index (χ0) is 19.8. The number of guanidine groups is 1. The van der Waals surface area contributed by atoms with E-state index in [1.54, 1.807) is 13.1 Å². The number of nitrogens with one attached hydrogen (secondary N) is 2. The van der Waals surface area contributed by atoms with Crippen LogP contribution in [0.1, 0.15) is 11.3 Å². The molecule has 0 aliphatic rings. The summed E-state index contributed by atoms with van der Waals surface area (Å²) in [6.07, 6.45) is 0. The largest absolute Gasteiger partial charge is 0.434 e. The first-order valence-electron chi connectivity index (χ1n) is 8.20. The van der Waals surface area contributed by atoms with Crippen molar-refractivity contribution >= 4 is 47.4 Å². The van der Waals surface area contributed by atoms with Crippen LogP contribution in [0.3, 0.4) is 0 Å². The average molecular weight is 526 g/mol. The molecule has 0 saturated carbocycles. The van der Waals surface area contributed by atoms with E-state index in [1.807, 2.05) is 37.2 Å². The third-order valence-corrected chi connectivity index (χ3v) is 3.83. The lowest BCUT2D eigenvalue weighted by atomic mass is 10.2. The van der Waals surface area contributed by atoms with Gasteiger partial charge in [0.05, 0.1) is 12.2 Å². The molecule has 0 aliphatic carbocycles. The number of rotatable bonds is 7. The summed E-state index contributed by atoms with van der Waals surface area (Å²) >= 11 is 5.96. The molecule has 0 spiro atoms. The van der Waals surface area contributed by atoms with E-state index in [2.05, 4.69) is 25.3 Å². The number of benzene rings is 1. The number of aromatic nitrogens is 1. The van der Waals surface area contributed by atoms with Crippen LogP contribution in [0.2, 0.25) is 5.02 Å². The van der Waals surface area contributed by atoms with Gasteiger partial charge in [-0.25, -0.2) is 4.98 Å². The van der Waals surface area contributed by atoms with Crippen molar-refractivity contribution in [3.05, 3.63) is 52.7 Å². The first-order valence-corrected chi connectivity index (χ1v) is 8.58. The molecule has 1 heterocycles. The maximum absolute atomic E-state index is 12.5. The van der Waals surface area contributed by atoms with E-state index in [0.717, 1.165) is 11.5 Å². The molecule has 0 radical (unpaired) electrons. The van der Waals surface area contributed by atoms with Crippen molar-refractivity contribution in [2.24, 2.45) is 4.99 Å². The SMILES string of the molecule is CN=C(NCc1cccc(N(C)C)n1)NCc1cc(Cl)ccc1OC(F)F.I. The molecule has 0 aliphatic heterocycles. The molecular weight excluding hydrogens is 503 g/mol. The Bertz CT molecular complexity index is 792. The predicted octanol–water partition coefficient (Wildman–Crippen LogP) is 3.89. The number of aliphatic imine (C=N–C) groups is 1. The number of ether oxygens (including phenoxy) is 1. The first kappa shape index (κ1) is 24.2. The van der Waals surface area contributed by atoms with E-state index in [-0.39, 0.29) is 36.3 Å². The van der Waals surface area contributed by atoms with Gasteiger partial charge in [0.25, 0.3) is 0 Å². The molecule has 10 heteroatoms. The lowest BCUT2D eigenvalue weighted by molar-refractivity contribution is -0.0504. The van der Waals surface area contributed by atoms with Crippen LogP contribution in [0.5, 0.6) is 5.75 Å². The number of halogens is 4. The highest BCUT2D eigenvalue weighted by Gasteiger charge is 2.11. The molecule has 1 aromatic heterocycles. The van der Waals surface area contributed by atoms with E-state index in [0.29, 0.717) is 23.1 Å². The second-order valence-electron chi connectivity index (χ2n) is 5.79. The zero-order valence-electron chi connectivity index (χ0n) is 15.7. The van der Waals surface area contributed by atoms with Crippen molar-refractivity contribution in [3.63, 3.8) is 0 Å². The third kappa shape index (κ3) is 7.63. The van der Waals surface area contributed by atoms with Gasteiger partial charge in [-0.2, -0.15) is 8.78 Å². The fourth-order valence-electron chi connectivity index (χ4n) is 2.29. The zero-order valence-corrected chi connectivity index (χ0v) is 18.8. The summed E-state index contributed by atoms with van der Waals surface area (Å²) in [5.74, 6) is 1.41. The van der Waals surface area contributed by atoms with Crippen LogP contribution in [0.15, 0.2) is 41.4 Å². The predicted molar refractivity (Wildman–Crippen MR) is 119 cm³/mol. The van der Waals surface area contributed by atoms with Gasteiger partial charge >= 0.3 is 6.61 Å². The standard InChI is InChI=1S/C18H22ClF2N5O.HI/c1-22-18(24-11-14-5-4-6-16(25-14)26(2)3)23-10-12-9-13(19)7-8-15(12)27-17(20)21;/h4-9,17H,10-11H2,1-3H3,(H2,22,23,24);1H. The van der Waals surface area contributed by atoms with Crippen molar-refractivity contribution in [2.45, 2.75) is 19.7 Å². The first-order chi connectivity index (χ1) is 12.9. The van der Waals surface area contributed by atoms with Crippen molar-refractivity contribution in [1.29, 1.82) is 0 Å². The third-order valence-electron chi connectivity index (χ3n) is 3.60. The molecule has 2 aromatic rings. The number of alkyl halides is 2. The quantitative estimate of drug-likeness (QED) is 0.326. The van der Waals surface area contributed by atoms with Gasteiger partial charge in [-0.3, -0.25) is 4.99 Å². The normalized spacial score (nSPS) is 11.0. The molecule has 6 nitrogen and oxygen atoms in total. The lowest BCUT2D eigenvalue weighted by Crippen LogP contribution is -2.36. The number of nitrogens with zero attached hydrogens (tertiary/aromatic N) is 3. The molecule has 28 heavy (non-hydrogen) atoms. The highest BCUT2D eigenvalue weighted by atomic mass is 127. The minimum Gasteiger partial charge on any atom is -0.434 e. The number of hydrogen-bond donors (Lipinski definition) is 2. The van der Waals surface area contributed by atoms with Crippen molar-refractivity contribution < 1.29 is 13.5 Å². The summed E-state index contributed by atoms with van der Waals surface area (Å²) in [4.78, 5) is 10.6. The number of anilines is 1. The summed E-state index contributed by atoms with van der Waals surface area (Å²) in [5, 5.41) is 6.62. The maximum atomic E-state index is 12.5. The van der Waals surface area contributed by atoms with Gasteiger partial charge in [-0.05, 0) is 30.3 Å². The Hall–Kier alpha value is -1.88. The van der Waals surface area contributed by atoms with Crippen LogP contribution in [0.25, 0.3) is 0 Å². The molecular formula is C18H23ClF2IN5O. The summed E-state index contributed by atoms with van der Waals surface area (Å²) in [6.45, 7) is -2.23. The van der Waals surface area contributed by atoms with E-state index in [1.165, 1.54) is 12.1 Å². The van der Waals surface area contributed by atoms with Gasteiger partial charge in [-0.1, -0.05) is 17.7 Å². The van der Waals surface area contributed by atoms with Crippen LogP contribution in [0.4, 0.5) is 14.6 Å². The van der Waals surface area contributed by atoms with Gasteiger partial charge in [0, 0.05) is 38.3 Å². The van der Waals surface area contributed by atoms with E-state index < -0.39 is 6.61 Å². The molecule has 1 aromatic carbocycles. The smallest absolute Gasteiger partial charge is 0.387 e. The molecule has 0 amide bonds. The van der Waals surface area contributed by atoms with Gasteiger partial charge in [0.2, 0.25) is 0 Å². The van der Waals surface area contributed by atoms with E-state index in [4.69, 9.17) is 11.6 Å². The molecule has 2 N–H and O–H groups in total. The fraction of sp³-hybridized carbons (Fsp3) is 0.333. The van der Waals surface area contributed by atoms with Crippen LogP contribution in [-0.2, 0) is 13.1 Å². The highest BCUT2D eigenvalue weighted by Crippen LogP contribution is 2.24. The molecule has 0 unspecified atom stereocenters. The fourth-order valence-corrected chi connectivity index (χ4v) is 2.48. The van der Waals surface area contributed by atoms with Gasteiger partial charge in [0.1, 0.15) is 11.6 Å².